The van der Waals surface area contributed by atoms with E-state index in [1.54, 1.807) is 20.4 Å². The Morgan fingerprint density at radius 2 is 1.90 bits per heavy atom. The van der Waals surface area contributed by atoms with Gasteiger partial charge >= 0.3 is 0 Å². The number of ether oxygens (including phenoxy) is 2. The smallest absolute Gasteiger partial charge is 0.161 e. The summed E-state index contributed by atoms with van der Waals surface area (Å²) in [6.07, 6.45) is 1.74. The van der Waals surface area contributed by atoms with Crippen LogP contribution in [0.15, 0.2) is 30.5 Å². The number of rotatable bonds is 5. The Hall–Kier alpha value is -2.43. The molecule has 20 heavy (non-hydrogen) atoms. The van der Waals surface area contributed by atoms with Gasteiger partial charge in [0, 0.05) is 12.7 Å². The third kappa shape index (κ3) is 2.93. The second-order valence-corrected chi connectivity index (χ2v) is 4.43. The van der Waals surface area contributed by atoms with Gasteiger partial charge in [0.25, 0.3) is 0 Å². The van der Waals surface area contributed by atoms with Crippen LogP contribution < -0.4 is 20.5 Å². The first-order valence-corrected chi connectivity index (χ1v) is 6.31. The number of benzene rings is 1. The van der Waals surface area contributed by atoms with Crippen molar-refractivity contribution >= 4 is 11.5 Å². The lowest BCUT2D eigenvalue weighted by molar-refractivity contribution is 0.354. The molecule has 0 saturated carbocycles. The molecule has 5 nitrogen and oxygen atoms in total. The number of pyridine rings is 1. The molecule has 0 aliphatic rings. The van der Waals surface area contributed by atoms with Crippen LogP contribution in [0.4, 0.5) is 11.5 Å². The molecule has 0 bridgehead atoms. The van der Waals surface area contributed by atoms with Crippen LogP contribution in [0.5, 0.6) is 11.5 Å². The van der Waals surface area contributed by atoms with Crippen LogP contribution in [0.25, 0.3) is 0 Å². The summed E-state index contributed by atoms with van der Waals surface area (Å²) in [5.41, 5.74) is 8.72. The molecule has 1 heterocycles. The fourth-order valence-corrected chi connectivity index (χ4v) is 1.89. The third-order valence-corrected chi connectivity index (χ3v) is 3.12. The Kier molecular flexibility index (Phi) is 4.30. The van der Waals surface area contributed by atoms with Gasteiger partial charge in [0.1, 0.15) is 5.82 Å². The minimum Gasteiger partial charge on any atom is -0.493 e. The van der Waals surface area contributed by atoms with Crippen LogP contribution in [0.2, 0.25) is 0 Å². The maximum Gasteiger partial charge on any atom is 0.161 e. The molecule has 0 aliphatic carbocycles. The summed E-state index contributed by atoms with van der Waals surface area (Å²) in [7, 11) is 3.24. The van der Waals surface area contributed by atoms with Crippen molar-refractivity contribution in [2.75, 3.05) is 25.3 Å². The number of hydrogen-bond donors (Lipinski definition) is 2. The summed E-state index contributed by atoms with van der Waals surface area (Å²) >= 11 is 0. The van der Waals surface area contributed by atoms with Crippen molar-refractivity contribution in [3.8, 4) is 11.5 Å². The Balaban J connectivity index is 2.13. The van der Waals surface area contributed by atoms with Crippen LogP contribution in [-0.4, -0.2) is 19.2 Å². The molecule has 2 rings (SSSR count). The first-order valence-electron chi connectivity index (χ1n) is 6.31. The van der Waals surface area contributed by atoms with E-state index in [0.717, 1.165) is 11.1 Å². The van der Waals surface area contributed by atoms with Gasteiger partial charge in [-0.15, -0.1) is 0 Å². The van der Waals surface area contributed by atoms with E-state index in [2.05, 4.69) is 10.3 Å². The van der Waals surface area contributed by atoms with Crippen molar-refractivity contribution in [3.63, 3.8) is 0 Å². The molecule has 2 aromatic rings. The first kappa shape index (κ1) is 14.0. The second kappa shape index (κ2) is 6.14. The molecule has 3 N–H and O–H groups in total. The van der Waals surface area contributed by atoms with Gasteiger partial charge in [-0.2, -0.15) is 0 Å². The summed E-state index contributed by atoms with van der Waals surface area (Å²) in [6, 6.07) is 7.66. The van der Waals surface area contributed by atoms with Crippen LogP contribution in [0.1, 0.15) is 11.1 Å². The van der Waals surface area contributed by atoms with Gasteiger partial charge in [-0.25, -0.2) is 4.98 Å². The SMILES string of the molecule is COc1ccc(CNc2nccc(C)c2N)cc1OC. The van der Waals surface area contributed by atoms with E-state index in [4.69, 9.17) is 15.2 Å². The highest BCUT2D eigenvalue weighted by Crippen LogP contribution is 2.28. The Bertz CT molecular complexity index is 600. The van der Waals surface area contributed by atoms with E-state index < -0.39 is 0 Å². The molecule has 1 aromatic carbocycles. The standard InChI is InChI=1S/C15H19N3O2/c1-10-6-7-17-15(14(10)16)18-9-11-4-5-12(19-2)13(8-11)20-3/h4-8H,9,16H2,1-3H3,(H,17,18). The van der Waals surface area contributed by atoms with E-state index in [1.807, 2.05) is 31.2 Å². The number of hydrogen-bond acceptors (Lipinski definition) is 5. The summed E-state index contributed by atoms with van der Waals surface area (Å²) in [5.74, 6) is 2.11. The maximum absolute atomic E-state index is 5.98. The average Bonchev–Trinajstić information content (AvgIpc) is 2.48. The van der Waals surface area contributed by atoms with Crippen molar-refractivity contribution in [2.45, 2.75) is 13.5 Å². The molecule has 106 valence electrons. The maximum atomic E-state index is 5.98. The van der Waals surface area contributed by atoms with Gasteiger partial charge in [0.15, 0.2) is 11.5 Å². The summed E-state index contributed by atoms with van der Waals surface area (Å²) in [4.78, 5) is 4.24. The molecule has 0 spiro atoms. The second-order valence-electron chi connectivity index (χ2n) is 4.43. The monoisotopic (exact) mass is 273 g/mol. The molecular weight excluding hydrogens is 254 g/mol. The zero-order valence-corrected chi connectivity index (χ0v) is 11.9. The highest BCUT2D eigenvalue weighted by atomic mass is 16.5. The molecule has 0 atom stereocenters. The predicted octanol–water partition coefficient (Wildman–Crippen LogP) is 2.60. The van der Waals surface area contributed by atoms with Gasteiger partial charge in [-0.05, 0) is 36.2 Å². The van der Waals surface area contributed by atoms with E-state index in [9.17, 15) is 0 Å². The summed E-state index contributed by atoms with van der Waals surface area (Å²) in [6.45, 7) is 2.57. The molecule has 0 aliphatic heterocycles. The van der Waals surface area contributed by atoms with E-state index in [-0.39, 0.29) is 0 Å². The number of aromatic nitrogens is 1. The number of nitrogens with one attached hydrogen (secondary N) is 1. The quantitative estimate of drug-likeness (QED) is 0.876. The minimum atomic E-state index is 0.612. The molecule has 1 aromatic heterocycles. The highest BCUT2D eigenvalue weighted by Gasteiger charge is 2.06. The topological polar surface area (TPSA) is 69.4 Å². The highest BCUT2D eigenvalue weighted by molar-refractivity contribution is 5.65. The lowest BCUT2D eigenvalue weighted by atomic mass is 10.2. The Morgan fingerprint density at radius 1 is 1.15 bits per heavy atom. The van der Waals surface area contributed by atoms with Crippen LogP contribution in [0, 0.1) is 6.92 Å². The Labute approximate surface area is 118 Å². The van der Waals surface area contributed by atoms with E-state index >= 15 is 0 Å². The van der Waals surface area contributed by atoms with Crippen LogP contribution in [0.3, 0.4) is 0 Å². The largest absolute Gasteiger partial charge is 0.493 e. The fraction of sp³-hybridized carbons (Fsp3) is 0.267. The number of nitrogen functional groups attached to an aromatic ring is 1. The number of nitrogens with zero attached hydrogens (tertiary/aromatic N) is 1. The van der Waals surface area contributed by atoms with Crippen molar-refractivity contribution < 1.29 is 9.47 Å². The van der Waals surface area contributed by atoms with Gasteiger partial charge in [0.05, 0.1) is 19.9 Å². The van der Waals surface area contributed by atoms with Gasteiger partial charge < -0.3 is 20.5 Å². The van der Waals surface area contributed by atoms with Crippen molar-refractivity contribution in [1.82, 2.24) is 4.98 Å². The van der Waals surface area contributed by atoms with Gasteiger partial charge in [-0.1, -0.05) is 6.07 Å². The lowest BCUT2D eigenvalue weighted by Crippen LogP contribution is -2.05. The van der Waals surface area contributed by atoms with E-state index in [0.29, 0.717) is 29.5 Å². The number of anilines is 2. The van der Waals surface area contributed by atoms with Gasteiger partial charge in [-0.3, -0.25) is 0 Å². The number of methoxy groups -OCH3 is 2. The van der Waals surface area contributed by atoms with Crippen molar-refractivity contribution in [3.05, 3.63) is 41.6 Å². The zero-order valence-electron chi connectivity index (χ0n) is 11.9. The molecular formula is C15H19N3O2. The zero-order chi connectivity index (χ0) is 14.5. The summed E-state index contributed by atoms with van der Waals surface area (Å²) in [5, 5.41) is 3.23. The van der Waals surface area contributed by atoms with Crippen LogP contribution in [-0.2, 0) is 6.54 Å². The van der Waals surface area contributed by atoms with Crippen molar-refractivity contribution in [2.24, 2.45) is 0 Å². The molecule has 0 fully saturated rings. The van der Waals surface area contributed by atoms with E-state index in [1.165, 1.54) is 0 Å². The predicted molar refractivity (Wildman–Crippen MR) is 80.3 cm³/mol. The average molecular weight is 273 g/mol. The van der Waals surface area contributed by atoms with Crippen LogP contribution >= 0.6 is 0 Å². The molecule has 0 saturated heterocycles. The fourth-order valence-electron chi connectivity index (χ4n) is 1.89. The lowest BCUT2D eigenvalue weighted by Gasteiger charge is -2.12. The third-order valence-electron chi connectivity index (χ3n) is 3.12. The van der Waals surface area contributed by atoms with Gasteiger partial charge in [0.2, 0.25) is 0 Å². The van der Waals surface area contributed by atoms with Crippen molar-refractivity contribution in [1.29, 1.82) is 0 Å². The molecule has 0 radical (unpaired) electrons. The first-order chi connectivity index (χ1) is 9.65. The summed E-state index contributed by atoms with van der Waals surface area (Å²) < 4.78 is 10.5. The molecule has 0 amide bonds. The normalized spacial score (nSPS) is 10.2. The number of nitrogens with two attached hydrogens (primary N) is 1. The number of aryl methyl sites for hydroxylation is 1. The molecule has 5 heteroatoms. The Morgan fingerprint density at radius 3 is 2.60 bits per heavy atom. The molecule has 0 unspecified atom stereocenters. The minimum absolute atomic E-state index is 0.612.